The number of carbonyl (C=O) groups excluding carboxylic acids is 2. The van der Waals surface area contributed by atoms with Gasteiger partial charge in [-0.1, -0.05) is 91.0 Å². The van der Waals surface area contributed by atoms with Gasteiger partial charge >= 0.3 is 5.97 Å². The zero-order chi connectivity index (χ0) is 23.0. The lowest BCUT2D eigenvalue weighted by atomic mass is 9.78. The lowest BCUT2D eigenvalue weighted by Gasteiger charge is -2.39. The fourth-order valence-corrected chi connectivity index (χ4v) is 4.01. The number of nitrogens with zero attached hydrogens (tertiary/aromatic N) is 1. The molecule has 4 nitrogen and oxygen atoms in total. The number of hydrogen-bond donors (Lipinski definition) is 0. The molecule has 0 radical (unpaired) electrons. The molecule has 0 aromatic heterocycles. The Balaban J connectivity index is 2.08. The second kappa shape index (κ2) is 10.9. The first-order valence-electron chi connectivity index (χ1n) is 11.0. The third-order valence-electron chi connectivity index (χ3n) is 5.61. The molecule has 3 rings (SSSR count). The summed E-state index contributed by atoms with van der Waals surface area (Å²) in [4.78, 5) is 29.0. The van der Waals surface area contributed by atoms with Crippen molar-refractivity contribution in [1.29, 1.82) is 0 Å². The van der Waals surface area contributed by atoms with E-state index in [1.54, 1.807) is 32.9 Å². The lowest BCUT2D eigenvalue weighted by molar-refractivity contribution is -0.156. The molecule has 1 unspecified atom stereocenters. The maximum absolute atomic E-state index is 13.9. The normalized spacial score (nSPS) is 12.4. The van der Waals surface area contributed by atoms with E-state index in [0.29, 0.717) is 18.7 Å². The van der Waals surface area contributed by atoms with Crippen molar-refractivity contribution in [2.75, 3.05) is 6.61 Å². The van der Waals surface area contributed by atoms with E-state index in [9.17, 15) is 9.59 Å². The van der Waals surface area contributed by atoms with Gasteiger partial charge in [0.15, 0.2) is 5.78 Å². The molecule has 32 heavy (non-hydrogen) atoms. The number of Topliss-reactive ketones (excluding diaryl/α,β-unsaturated/α-hetero) is 1. The van der Waals surface area contributed by atoms with Crippen LogP contribution in [0.5, 0.6) is 0 Å². The van der Waals surface area contributed by atoms with E-state index >= 15 is 0 Å². The SMILES string of the molecule is CCOC(=O)C(C)(C)C(C(=O)c1ccccc1)N(Cc1ccccc1)Cc1ccccc1. The minimum Gasteiger partial charge on any atom is -0.466 e. The van der Waals surface area contributed by atoms with Gasteiger partial charge < -0.3 is 4.74 Å². The molecule has 0 bridgehead atoms. The van der Waals surface area contributed by atoms with E-state index in [1.807, 2.05) is 78.9 Å². The van der Waals surface area contributed by atoms with E-state index in [1.165, 1.54) is 0 Å². The van der Waals surface area contributed by atoms with Crippen molar-refractivity contribution >= 4 is 11.8 Å². The summed E-state index contributed by atoms with van der Waals surface area (Å²) in [5.41, 5.74) is 1.69. The highest BCUT2D eigenvalue weighted by Crippen LogP contribution is 2.32. The molecule has 0 saturated heterocycles. The number of ketones is 1. The minimum absolute atomic E-state index is 0.0875. The number of rotatable bonds is 10. The Morgan fingerprint density at radius 3 is 1.66 bits per heavy atom. The van der Waals surface area contributed by atoms with E-state index in [0.717, 1.165) is 11.1 Å². The highest BCUT2D eigenvalue weighted by molar-refractivity contribution is 6.03. The molecule has 1 atom stereocenters. The molecular weight excluding hydrogens is 398 g/mol. The first-order valence-corrected chi connectivity index (χ1v) is 11.0. The number of esters is 1. The number of benzene rings is 3. The van der Waals surface area contributed by atoms with Gasteiger partial charge in [0.2, 0.25) is 0 Å². The van der Waals surface area contributed by atoms with Crippen molar-refractivity contribution < 1.29 is 14.3 Å². The average Bonchev–Trinajstić information content (AvgIpc) is 2.81. The Labute approximate surface area is 190 Å². The lowest BCUT2D eigenvalue weighted by Crippen LogP contribution is -2.53. The monoisotopic (exact) mass is 429 g/mol. The van der Waals surface area contributed by atoms with E-state index in [-0.39, 0.29) is 18.4 Å². The zero-order valence-corrected chi connectivity index (χ0v) is 19.0. The summed E-state index contributed by atoms with van der Waals surface area (Å²) in [5.74, 6) is -0.462. The Bertz CT molecular complexity index is 959. The van der Waals surface area contributed by atoms with Gasteiger partial charge in [-0.15, -0.1) is 0 Å². The summed E-state index contributed by atoms with van der Waals surface area (Å²) < 4.78 is 5.41. The van der Waals surface area contributed by atoms with Crippen LogP contribution < -0.4 is 0 Å². The van der Waals surface area contributed by atoms with Gasteiger partial charge in [-0.25, -0.2) is 0 Å². The molecule has 0 fully saturated rings. The maximum atomic E-state index is 13.9. The summed E-state index contributed by atoms with van der Waals surface area (Å²) in [6.07, 6.45) is 0. The van der Waals surface area contributed by atoms with Gasteiger partial charge in [0.25, 0.3) is 0 Å². The average molecular weight is 430 g/mol. The van der Waals surface area contributed by atoms with Gasteiger partial charge in [-0.05, 0) is 31.9 Å². The van der Waals surface area contributed by atoms with Crippen LogP contribution >= 0.6 is 0 Å². The molecular formula is C28H31NO3. The van der Waals surface area contributed by atoms with Crippen LogP contribution in [0, 0.1) is 5.41 Å². The summed E-state index contributed by atoms with van der Waals surface area (Å²) in [6.45, 7) is 6.72. The Kier molecular flexibility index (Phi) is 7.96. The molecule has 0 N–H and O–H groups in total. The molecule has 0 saturated carbocycles. The van der Waals surface area contributed by atoms with Crippen LogP contribution in [0.15, 0.2) is 91.0 Å². The third kappa shape index (κ3) is 5.71. The van der Waals surface area contributed by atoms with Crippen LogP contribution in [-0.2, 0) is 22.6 Å². The van der Waals surface area contributed by atoms with Crippen molar-refractivity contribution in [3.8, 4) is 0 Å². The summed E-state index contributed by atoms with van der Waals surface area (Å²) >= 11 is 0. The highest BCUT2D eigenvalue weighted by atomic mass is 16.5. The van der Waals surface area contributed by atoms with Crippen molar-refractivity contribution in [3.63, 3.8) is 0 Å². The number of carbonyl (C=O) groups is 2. The Hall–Kier alpha value is -3.24. The fourth-order valence-electron chi connectivity index (χ4n) is 4.01. The van der Waals surface area contributed by atoms with Gasteiger partial charge in [0, 0.05) is 18.7 Å². The fraction of sp³-hybridized carbons (Fsp3) is 0.286. The molecule has 0 aliphatic carbocycles. The maximum Gasteiger partial charge on any atom is 0.313 e. The van der Waals surface area contributed by atoms with Gasteiger partial charge in [0.05, 0.1) is 18.1 Å². The van der Waals surface area contributed by atoms with E-state index in [2.05, 4.69) is 4.90 Å². The van der Waals surface area contributed by atoms with Crippen LogP contribution in [0.25, 0.3) is 0 Å². The molecule has 0 spiro atoms. The van der Waals surface area contributed by atoms with Gasteiger partial charge in [-0.3, -0.25) is 14.5 Å². The van der Waals surface area contributed by atoms with E-state index < -0.39 is 11.5 Å². The smallest absolute Gasteiger partial charge is 0.313 e. The second-order valence-corrected chi connectivity index (χ2v) is 8.45. The first kappa shape index (κ1) is 23.4. The van der Waals surface area contributed by atoms with Crippen LogP contribution in [0.1, 0.15) is 42.3 Å². The number of hydrogen-bond acceptors (Lipinski definition) is 4. The van der Waals surface area contributed by atoms with Crippen LogP contribution in [0.3, 0.4) is 0 Å². The molecule has 0 amide bonds. The molecule has 0 heterocycles. The predicted molar refractivity (Wildman–Crippen MR) is 127 cm³/mol. The number of ether oxygens (including phenoxy) is 1. The quantitative estimate of drug-likeness (QED) is 0.314. The topological polar surface area (TPSA) is 46.6 Å². The van der Waals surface area contributed by atoms with Crippen molar-refractivity contribution in [3.05, 3.63) is 108 Å². The summed E-state index contributed by atoms with van der Waals surface area (Å²) in [6, 6.07) is 28.5. The van der Waals surface area contributed by atoms with Gasteiger partial charge in [-0.2, -0.15) is 0 Å². The Morgan fingerprint density at radius 2 is 1.22 bits per heavy atom. The summed E-state index contributed by atoms with van der Waals surface area (Å²) in [5, 5.41) is 0. The van der Waals surface area contributed by atoms with Crippen molar-refractivity contribution in [1.82, 2.24) is 4.90 Å². The minimum atomic E-state index is -1.05. The molecule has 3 aromatic rings. The Morgan fingerprint density at radius 1 is 0.781 bits per heavy atom. The highest BCUT2D eigenvalue weighted by Gasteiger charge is 2.46. The molecule has 166 valence electrons. The molecule has 0 aliphatic rings. The van der Waals surface area contributed by atoms with Crippen LogP contribution in [0.2, 0.25) is 0 Å². The van der Waals surface area contributed by atoms with E-state index in [4.69, 9.17) is 4.74 Å². The van der Waals surface area contributed by atoms with Crippen LogP contribution in [-0.4, -0.2) is 29.3 Å². The van der Waals surface area contributed by atoms with Gasteiger partial charge in [0.1, 0.15) is 0 Å². The molecule has 4 heteroatoms. The van der Waals surface area contributed by atoms with Crippen molar-refractivity contribution in [2.24, 2.45) is 5.41 Å². The zero-order valence-electron chi connectivity index (χ0n) is 19.0. The standard InChI is InChI=1S/C28H31NO3/c1-4-32-27(31)28(2,3)26(25(30)24-18-12-7-13-19-24)29(20-22-14-8-5-9-15-22)21-23-16-10-6-11-17-23/h5-19,26H,4,20-21H2,1-3H3. The molecule has 3 aromatic carbocycles. The first-order chi connectivity index (χ1) is 15.4. The van der Waals surface area contributed by atoms with Crippen LogP contribution in [0.4, 0.5) is 0 Å². The molecule has 0 aliphatic heterocycles. The second-order valence-electron chi connectivity index (χ2n) is 8.45. The largest absolute Gasteiger partial charge is 0.466 e. The summed E-state index contributed by atoms with van der Waals surface area (Å²) in [7, 11) is 0. The predicted octanol–water partition coefficient (Wildman–Crippen LogP) is 5.53. The van der Waals surface area contributed by atoms with Crippen molar-refractivity contribution in [2.45, 2.75) is 39.9 Å². The third-order valence-corrected chi connectivity index (χ3v) is 5.61.